The molecular formula is C23H28N4O2. The van der Waals surface area contributed by atoms with E-state index in [4.69, 9.17) is 14.5 Å². The maximum atomic E-state index is 6.00. The van der Waals surface area contributed by atoms with Crippen LogP contribution in [0.25, 0.3) is 0 Å². The van der Waals surface area contributed by atoms with Gasteiger partial charge in [0, 0.05) is 44.1 Å². The fraction of sp³-hybridized carbons (Fsp3) is 0.391. The summed E-state index contributed by atoms with van der Waals surface area (Å²) in [7, 11) is 1.68. The van der Waals surface area contributed by atoms with Crippen molar-refractivity contribution in [3.63, 3.8) is 0 Å². The summed E-state index contributed by atoms with van der Waals surface area (Å²) >= 11 is 0. The molecule has 1 atom stereocenters. The second kappa shape index (κ2) is 9.20. The summed E-state index contributed by atoms with van der Waals surface area (Å²) in [5.74, 6) is 0.878. The minimum Gasteiger partial charge on any atom is -0.497 e. The lowest BCUT2D eigenvalue weighted by molar-refractivity contribution is -0.0350. The van der Waals surface area contributed by atoms with Gasteiger partial charge in [-0.1, -0.05) is 18.2 Å². The maximum Gasteiger partial charge on any atom is 0.118 e. The van der Waals surface area contributed by atoms with Gasteiger partial charge in [0.05, 0.1) is 25.6 Å². The highest BCUT2D eigenvalue weighted by atomic mass is 16.5. The number of pyridine rings is 1. The van der Waals surface area contributed by atoms with Crippen molar-refractivity contribution in [2.45, 2.75) is 32.5 Å². The monoisotopic (exact) mass is 392 g/mol. The Kier molecular flexibility index (Phi) is 6.22. The Labute approximate surface area is 172 Å². The molecule has 1 aromatic carbocycles. The van der Waals surface area contributed by atoms with Gasteiger partial charge in [-0.25, -0.2) is 0 Å². The van der Waals surface area contributed by atoms with Crippen molar-refractivity contribution in [3.05, 3.63) is 77.4 Å². The highest BCUT2D eigenvalue weighted by Gasteiger charge is 2.23. The van der Waals surface area contributed by atoms with Gasteiger partial charge in [0.1, 0.15) is 11.9 Å². The Morgan fingerprint density at radius 1 is 1.07 bits per heavy atom. The standard InChI is InChI=1S/C23H28N4O2/c1-3-27-16-20(14-25-27)15-26-10-11-29-23(17-26)22-9-6-19(13-24-22)12-18-4-7-21(28-2)8-5-18/h4-9,13-14,16,23H,3,10-12,15,17H2,1-2H3/t23-/m0/s1. The summed E-state index contributed by atoms with van der Waals surface area (Å²) in [4.78, 5) is 7.11. The molecule has 1 fully saturated rings. The number of aryl methyl sites for hydroxylation is 1. The third-order valence-electron chi connectivity index (χ3n) is 5.31. The highest BCUT2D eigenvalue weighted by Crippen LogP contribution is 2.23. The first-order valence-electron chi connectivity index (χ1n) is 10.2. The van der Waals surface area contributed by atoms with E-state index in [-0.39, 0.29) is 6.10 Å². The molecular weight excluding hydrogens is 364 g/mol. The number of benzene rings is 1. The van der Waals surface area contributed by atoms with Gasteiger partial charge >= 0.3 is 0 Å². The molecule has 6 heteroatoms. The molecule has 0 radical (unpaired) electrons. The molecule has 0 spiro atoms. The van der Waals surface area contributed by atoms with Crippen LogP contribution in [0.3, 0.4) is 0 Å². The van der Waals surface area contributed by atoms with E-state index in [1.54, 1.807) is 7.11 Å². The number of aromatic nitrogens is 3. The van der Waals surface area contributed by atoms with Crippen LogP contribution in [-0.2, 0) is 24.2 Å². The molecule has 4 rings (SSSR count). The zero-order valence-corrected chi connectivity index (χ0v) is 17.1. The SMILES string of the molecule is CCn1cc(CN2CCO[C@H](c3ccc(Cc4ccc(OC)cc4)cn3)C2)cn1. The van der Waals surface area contributed by atoms with Gasteiger partial charge < -0.3 is 9.47 Å². The number of nitrogens with zero attached hydrogens (tertiary/aromatic N) is 4. The lowest BCUT2D eigenvalue weighted by Gasteiger charge is -2.32. The van der Waals surface area contributed by atoms with E-state index in [1.807, 2.05) is 29.2 Å². The van der Waals surface area contributed by atoms with Gasteiger partial charge in [-0.3, -0.25) is 14.6 Å². The number of methoxy groups -OCH3 is 1. The minimum atomic E-state index is 0.0139. The summed E-state index contributed by atoms with van der Waals surface area (Å²) in [5.41, 5.74) is 4.68. The third-order valence-corrected chi connectivity index (χ3v) is 5.31. The number of hydrogen-bond acceptors (Lipinski definition) is 5. The Balaban J connectivity index is 1.36. The van der Waals surface area contributed by atoms with E-state index < -0.39 is 0 Å². The zero-order chi connectivity index (χ0) is 20.1. The lowest BCUT2D eigenvalue weighted by Crippen LogP contribution is -2.38. The van der Waals surface area contributed by atoms with Crippen LogP contribution in [0, 0.1) is 0 Å². The first-order valence-corrected chi connectivity index (χ1v) is 10.2. The molecule has 0 unspecified atom stereocenters. The molecule has 152 valence electrons. The molecule has 1 saturated heterocycles. The molecule has 0 bridgehead atoms. The van der Waals surface area contributed by atoms with Crippen molar-refractivity contribution >= 4 is 0 Å². The Morgan fingerprint density at radius 3 is 2.59 bits per heavy atom. The van der Waals surface area contributed by atoms with Gasteiger partial charge in [-0.2, -0.15) is 5.10 Å². The van der Waals surface area contributed by atoms with Crippen molar-refractivity contribution in [3.8, 4) is 5.75 Å². The molecule has 0 aliphatic carbocycles. The third kappa shape index (κ3) is 5.02. The Bertz CT molecular complexity index is 905. The average Bonchev–Trinajstić information content (AvgIpc) is 3.22. The summed E-state index contributed by atoms with van der Waals surface area (Å²) in [6, 6.07) is 12.4. The number of hydrogen-bond donors (Lipinski definition) is 0. The number of ether oxygens (including phenoxy) is 2. The molecule has 0 saturated carbocycles. The van der Waals surface area contributed by atoms with Crippen LogP contribution >= 0.6 is 0 Å². The predicted octanol–water partition coefficient (Wildman–Crippen LogP) is 3.47. The highest BCUT2D eigenvalue weighted by molar-refractivity contribution is 5.31. The van der Waals surface area contributed by atoms with Crippen LogP contribution in [0.15, 0.2) is 55.0 Å². The van der Waals surface area contributed by atoms with Crippen LogP contribution in [0.2, 0.25) is 0 Å². The van der Waals surface area contributed by atoms with Crippen LogP contribution in [-0.4, -0.2) is 46.5 Å². The topological polar surface area (TPSA) is 52.4 Å². The summed E-state index contributed by atoms with van der Waals surface area (Å²) in [6.45, 7) is 6.41. The first-order chi connectivity index (χ1) is 14.2. The zero-order valence-electron chi connectivity index (χ0n) is 17.1. The minimum absolute atomic E-state index is 0.0139. The van der Waals surface area contributed by atoms with Crippen molar-refractivity contribution in [1.82, 2.24) is 19.7 Å². The quantitative estimate of drug-likeness (QED) is 0.616. The van der Waals surface area contributed by atoms with Gasteiger partial charge in [0.15, 0.2) is 0 Å². The van der Waals surface area contributed by atoms with Crippen molar-refractivity contribution in [1.29, 1.82) is 0 Å². The van der Waals surface area contributed by atoms with E-state index >= 15 is 0 Å². The average molecular weight is 393 g/mol. The van der Waals surface area contributed by atoms with E-state index in [9.17, 15) is 0 Å². The maximum absolute atomic E-state index is 6.00. The van der Waals surface area contributed by atoms with Crippen LogP contribution < -0.4 is 4.74 Å². The van der Waals surface area contributed by atoms with Gasteiger partial charge in [-0.05, 0) is 42.7 Å². The molecule has 2 aromatic heterocycles. The molecule has 6 nitrogen and oxygen atoms in total. The second-order valence-electron chi connectivity index (χ2n) is 7.41. The van der Waals surface area contributed by atoms with E-state index in [0.29, 0.717) is 0 Å². The summed E-state index contributed by atoms with van der Waals surface area (Å²) in [5, 5.41) is 4.37. The van der Waals surface area contributed by atoms with Crippen molar-refractivity contribution in [2.75, 3.05) is 26.8 Å². The molecule has 3 aromatic rings. The second-order valence-corrected chi connectivity index (χ2v) is 7.41. The van der Waals surface area contributed by atoms with Crippen LogP contribution in [0.5, 0.6) is 5.75 Å². The van der Waals surface area contributed by atoms with E-state index in [0.717, 1.165) is 50.7 Å². The van der Waals surface area contributed by atoms with Gasteiger partial charge in [0.2, 0.25) is 0 Å². The van der Waals surface area contributed by atoms with Crippen LogP contribution in [0.1, 0.15) is 35.4 Å². The smallest absolute Gasteiger partial charge is 0.118 e. The number of morpholine rings is 1. The normalized spacial score (nSPS) is 17.4. The van der Waals surface area contributed by atoms with Crippen molar-refractivity contribution < 1.29 is 9.47 Å². The fourth-order valence-electron chi connectivity index (χ4n) is 3.65. The van der Waals surface area contributed by atoms with E-state index in [2.05, 4.69) is 47.4 Å². The molecule has 3 heterocycles. The largest absolute Gasteiger partial charge is 0.497 e. The lowest BCUT2D eigenvalue weighted by atomic mass is 10.1. The van der Waals surface area contributed by atoms with Gasteiger partial charge in [-0.15, -0.1) is 0 Å². The summed E-state index contributed by atoms with van der Waals surface area (Å²) in [6.07, 6.45) is 6.92. The fourth-order valence-corrected chi connectivity index (χ4v) is 3.65. The Morgan fingerprint density at radius 2 is 1.90 bits per heavy atom. The molecule has 1 aliphatic rings. The molecule has 29 heavy (non-hydrogen) atoms. The van der Waals surface area contributed by atoms with Crippen molar-refractivity contribution in [2.24, 2.45) is 0 Å². The number of rotatable bonds is 7. The van der Waals surface area contributed by atoms with Crippen LogP contribution in [0.4, 0.5) is 0 Å². The molecule has 1 aliphatic heterocycles. The Hall–Kier alpha value is -2.70. The molecule has 0 N–H and O–H groups in total. The molecule has 0 amide bonds. The van der Waals surface area contributed by atoms with Gasteiger partial charge in [0.25, 0.3) is 0 Å². The van der Waals surface area contributed by atoms with E-state index in [1.165, 1.54) is 16.7 Å². The first kappa shape index (κ1) is 19.6. The predicted molar refractivity (Wildman–Crippen MR) is 112 cm³/mol. The summed E-state index contributed by atoms with van der Waals surface area (Å²) < 4.78 is 13.2.